The van der Waals surface area contributed by atoms with Crippen LogP contribution in [0.5, 0.6) is 5.75 Å². The number of carbonyl (C=O) groups excluding carboxylic acids is 1. The molecule has 0 aliphatic heterocycles. The van der Waals surface area contributed by atoms with Crippen molar-refractivity contribution in [2.24, 2.45) is 0 Å². The van der Waals surface area contributed by atoms with Crippen LogP contribution in [0.25, 0.3) is 0 Å². The molecule has 0 N–H and O–H groups in total. The van der Waals surface area contributed by atoms with Crippen molar-refractivity contribution in [2.75, 3.05) is 7.11 Å². The van der Waals surface area contributed by atoms with Gasteiger partial charge < -0.3 is 4.74 Å². The van der Waals surface area contributed by atoms with Crippen LogP contribution in [0, 0.1) is 6.92 Å². The summed E-state index contributed by atoms with van der Waals surface area (Å²) in [6, 6.07) is 6.61. The number of carbonyl (C=O) groups is 1. The average molecular weight is 331 g/mol. The summed E-state index contributed by atoms with van der Waals surface area (Å²) in [7, 11) is -2.35. The van der Waals surface area contributed by atoms with E-state index in [9.17, 15) is 13.2 Å². The molecule has 0 spiro atoms. The van der Waals surface area contributed by atoms with Gasteiger partial charge in [0.05, 0.1) is 23.8 Å². The minimum atomic E-state index is -3.77. The topological polar surface area (TPSA) is 65.4 Å². The van der Waals surface area contributed by atoms with E-state index >= 15 is 0 Å². The largest absolute Gasteiger partial charge is 0.494 e. The maximum absolute atomic E-state index is 12.9. The molecule has 0 saturated heterocycles. The molecular formula is C17H17NO4S. The summed E-state index contributed by atoms with van der Waals surface area (Å²) in [5.41, 5.74) is 2.21. The number of rotatable bonds is 3. The first-order valence-corrected chi connectivity index (χ1v) is 8.63. The predicted octanol–water partition coefficient (Wildman–Crippen LogP) is 2.73. The number of hydrogen-bond donors (Lipinski definition) is 0. The molecule has 0 saturated carbocycles. The van der Waals surface area contributed by atoms with Gasteiger partial charge in [-0.2, -0.15) is 0 Å². The first-order chi connectivity index (χ1) is 10.9. The maximum atomic E-state index is 12.9. The summed E-state index contributed by atoms with van der Waals surface area (Å²) in [6.07, 6.45) is 2.26. The van der Waals surface area contributed by atoms with Crippen LogP contribution in [-0.4, -0.2) is 25.3 Å². The molecule has 0 fully saturated rings. The predicted molar refractivity (Wildman–Crippen MR) is 86.5 cm³/mol. The lowest BCUT2D eigenvalue weighted by molar-refractivity contribution is 0.102. The summed E-state index contributed by atoms with van der Waals surface area (Å²) >= 11 is 0. The van der Waals surface area contributed by atoms with Gasteiger partial charge in [-0.25, -0.2) is 12.4 Å². The molecule has 5 nitrogen and oxygen atoms in total. The molecular weight excluding hydrogens is 314 g/mol. The number of ketones is 1. The number of nitrogens with zero attached hydrogens (tertiary/aromatic N) is 1. The highest BCUT2D eigenvalue weighted by atomic mass is 32.2. The van der Waals surface area contributed by atoms with Crippen molar-refractivity contribution in [1.82, 2.24) is 3.97 Å². The molecule has 0 radical (unpaired) electrons. The van der Waals surface area contributed by atoms with Crippen molar-refractivity contribution in [3.63, 3.8) is 0 Å². The fourth-order valence-corrected chi connectivity index (χ4v) is 4.15. The zero-order valence-corrected chi connectivity index (χ0v) is 13.8. The van der Waals surface area contributed by atoms with Gasteiger partial charge in [0.1, 0.15) is 5.75 Å². The molecule has 0 unspecified atom stereocenters. The highest BCUT2D eigenvalue weighted by molar-refractivity contribution is 7.90. The summed E-state index contributed by atoms with van der Waals surface area (Å²) < 4.78 is 32.2. The van der Waals surface area contributed by atoms with E-state index in [0.29, 0.717) is 29.7 Å². The van der Waals surface area contributed by atoms with Gasteiger partial charge in [0.15, 0.2) is 5.78 Å². The first-order valence-electron chi connectivity index (χ1n) is 7.19. The smallest absolute Gasteiger partial charge is 0.267 e. The molecule has 1 aliphatic rings. The Morgan fingerprint density at radius 2 is 1.83 bits per heavy atom. The summed E-state index contributed by atoms with van der Waals surface area (Å²) in [6.45, 7) is 5.64. The third-order valence-corrected chi connectivity index (χ3v) is 5.76. The number of hydrogen-bond acceptors (Lipinski definition) is 4. The normalized spacial score (nSPS) is 14.7. The zero-order chi connectivity index (χ0) is 16.8. The van der Waals surface area contributed by atoms with E-state index in [1.54, 1.807) is 24.3 Å². The number of Topliss-reactive ketones (excluding diaryl/α,β-unsaturated/α-hetero) is 1. The van der Waals surface area contributed by atoms with Crippen molar-refractivity contribution in [3.8, 4) is 5.75 Å². The minimum absolute atomic E-state index is 0.181. The number of aromatic nitrogens is 1. The Morgan fingerprint density at radius 3 is 2.43 bits per heavy atom. The van der Waals surface area contributed by atoms with E-state index in [1.807, 2.05) is 6.92 Å². The highest BCUT2D eigenvalue weighted by Gasteiger charge is 2.32. The Morgan fingerprint density at radius 1 is 1.17 bits per heavy atom. The van der Waals surface area contributed by atoms with E-state index in [2.05, 4.69) is 6.58 Å². The van der Waals surface area contributed by atoms with Gasteiger partial charge in [-0.3, -0.25) is 4.79 Å². The van der Waals surface area contributed by atoms with Gasteiger partial charge in [-0.15, -0.1) is 0 Å². The van der Waals surface area contributed by atoms with Crippen LogP contribution in [0.2, 0.25) is 0 Å². The number of allylic oxidation sites excluding steroid dienone is 1. The molecule has 120 valence electrons. The van der Waals surface area contributed by atoms with E-state index in [0.717, 1.165) is 9.54 Å². The zero-order valence-electron chi connectivity index (χ0n) is 13.0. The molecule has 2 aromatic rings. The quantitative estimate of drug-likeness (QED) is 0.811. The summed E-state index contributed by atoms with van der Waals surface area (Å²) in [5.74, 6) is 0.0162. The van der Waals surface area contributed by atoms with Gasteiger partial charge in [-0.05, 0) is 37.5 Å². The van der Waals surface area contributed by atoms with Crippen LogP contribution in [0.3, 0.4) is 0 Å². The Balaban J connectivity index is 2.21. The number of benzene rings is 1. The molecule has 1 aromatic carbocycles. The van der Waals surface area contributed by atoms with Crippen LogP contribution in [0.15, 0.2) is 47.5 Å². The van der Waals surface area contributed by atoms with E-state index in [-0.39, 0.29) is 16.4 Å². The Labute approximate surface area is 135 Å². The van der Waals surface area contributed by atoms with Gasteiger partial charge in [0.25, 0.3) is 10.0 Å². The molecule has 23 heavy (non-hydrogen) atoms. The van der Waals surface area contributed by atoms with Gasteiger partial charge in [0.2, 0.25) is 0 Å². The lowest BCUT2D eigenvalue weighted by atomic mass is 9.92. The molecule has 1 aliphatic carbocycles. The van der Waals surface area contributed by atoms with Crippen LogP contribution >= 0.6 is 0 Å². The number of fused-ring (bicyclic) bond motifs is 1. The van der Waals surface area contributed by atoms with E-state index in [1.165, 1.54) is 13.3 Å². The second kappa shape index (κ2) is 5.38. The fraction of sp³-hybridized carbons (Fsp3) is 0.235. The van der Waals surface area contributed by atoms with Crippen molar-refractivity contribution in [1.29, 1.82) is 0 Å². The third kappa shape index (κ3) is 2.39. The third-order valence-electron chi connectivity index (χ3n) is 4.04. The van der Waals surface area contributed by atoms with Crippen LogP contribution < -0.4 is 4.74 Å². The Hall–Kier alpha value is -2.34. The van der Waals surface area contributed by atoms with E-state index < -0.39 is 10.0 Å². The second-order valence-electron chi connectivity index (χ2n) is 5.57. The molecule has 3 rings (SSSR count). The lowest BCUT2D eigenvalue weighted by Crippen LogP contribution is -2.20. The molecule has 0 bridgehead atoms. The van der Waals surface area contributed by atoms with Crippen LogP contribution in [0.1, 0.15) is 28.0 Å². The van der Waals surface area contributed by atoms with Crippen LogP contribution in [0.4, 0.5) is 0 Å². The standard InChI is InChI=1S/C17H17NO4S/c1-11-4-7-13(8-5-11)23(20,21)18-10-15(22-3)16-14(18)9-6-12(2)17(16)19/h4-5,7-8,10H,2,6,9H2,1,3H3. The number of methoxy groups -OCH3 is 1. The van der Waals surface area contributed by atoms with E-state index in [4.69, 9.17) is 4.74 Å². The molecule has 0 atom stereocenters. The lowest BCUT2D eigenvalue weighted by Gasteiger charge is -2.16. The van der Waals surface area contributed by atoms with Gasteiger partial charge in [0, 0.05) is 5.69 Å². The first kappa shape index (κ1) is 15.6. The molecule has 1 aromatic heterocycles. The summed E-state index contributed by atoms with van der Waals surface area (Å²) in [4.78, 5) is 12.5. The van der Waals surface area contributed by atoms with Crippen molar-refractivity contribution in [2.45, 2.75) is 24.7 Å². The highest BCUT2D eigenvalue weighted by Crippen LogP contribution is 2.35. The fourth-order valence-electron chi connectivity index (χ4n) is 2.73. The Bertz CT molecular complexity index is 905. The monoisotopic (exact) mass is 331 g/mol. The maximum Gasteiger partial charge on any atom is 0.267 e. The molecule has 1 heterocycles. The molecule has 0 amide bonds. The Kier molecular flexibility index (Phi) is 3.64. The summed E-state index contributed by atoms with van der Waals surface area (Å²) in [5, 5.41) is 0. The number of aryl methyl sites for hydroxylation is 1. The van der Waals surface area contributed by atoms with Crippen molar-refractivity contribution >= 4 is 15.8 Å². The van der Waals surface area contributed by atoms with Gasteiger partial charge >= 0.3 is 0 Å². The number of ether oxygens (including phenoxy) is 1. The van der Waals surface area contributed by atoms with Crippen LogP contribution in [-0.2, 0) is 16.4 Å². The van der Waals surface area contributed by atoms with Gasteiger partial charge in [-0.1, -0.05) is 24.3 Å². The average Bonchev–Trinajstić information content (AvgIpc) is 2.91. The minimum Gasteiger partial charge on any atom is -0.494 e. The molecule has 6 heteroatoms. The second-order valence-corrected chi connectivity index (χ2v) is 7.38. The SMILES string of the molecule is C=C1CCc2c(c(OC)cn2S(=O)(=O)c2ccc(C)cc2)C1=O. The van der Waals surface area contributed by atoms with Crippen molar-refractivity contribution in [3.05, 3.63) is 59.4 Å². The van der Waals surface area contributed by atoms with Crippen molar-refractivity contribution < 1.29 is 17.9 Å².